The zero-order chi connectivity index (χ0) is 14.6. The average Bonchev–Trinajstić information content (AvgIpc) is 2.46. The van der Waals surface area contributed by atoms with Crippen molar-refractivity contribution in [2.75, 3.05) is 40.0 Å². The predicted octanol–water partition coefficient (Wildman–Crippen LogP) is 2.54. The molecule has 7 heteroatoms. The van der Waals surface area contributed by atoms with Crippen molar-refractivity contribution in [2.24, 2.45) is 4.99 Å². The molecule has 0 atom stereocenters. The summed E-state index contributed by atoms with van der Waals surface area (Å²) in [6, 6.07) is 7.34. The van der Waals surface area contributed by atoms with Crippen LogP contribution in [0.2, 0.25) is 5.02 Å². The summed E-state index contributed by atoms with van der Waals surface area (Å²) in [6.45, 7) is 5.27. The molecule has 0 saturated carbocycles. The number of benzene rings is 1. The van der Waals surface area contributed by atoms with Gasteiger partial charge < -0.3 is 20.1 Å². The van der Waals surface area contributed by atoms with Gasteiger partial charge in [0.25, 0.3) is 0 Å². The first-order chi connectivity index (χ1) is 9.76. The summed E-state index contributed by atoms with van der Waals surface area (Å²) in [4.78, 5) is 4.11. The SMILES string of the molecule is CCOCCNC(=NC)NCCOc1cccc(Cl)c1.I. The van der Waals surface area contributed by atoms with Crippen LogP contribution in [0, 0.1) is 0 Å². The third kappa shape index (κ3) is 9.76. The number of aliphatic imine (C=N–C) groups is 1. The first kappa shape index (κ1) is 20.3. The topological polar surface area (TPSA) is 54.9 Å². The lowest BCUT2D eigenvalue weighted by Crippen LogP contribution is -2.40. The molecule has 5 nitrogen and oxygen atoms in total. The van der Waals surface area contributed by atoms with Gasteiger partial charge >= 0.3 is 0 Å². The minimum Gasteiger partial charge on any atom is -0.492 e. The molecule has 0 bridgehead atoms. The van der Waals surface area contributed by atoms with Crippen LogP contribution in [0.1, 0.15) is 6.92 Å². The molecule has 1 aromatic carbocycles. The molecule has 0 aliphatic carbocycles. The van der Waals surface area contributed by atoms with Crippen molar-refractivity contribution in [3.8, 4) is 5.75 Å². The Labute approximate surface area is 148 Å². The predicted molar refractivity (Wildman–Crippen MR) is 98.2 cm³/mol. The van der Waals surface area contributed by atoms with Crippen molar-refractivity contribution < 1.29 is 9.47 Å². The van der Waals surface area contributed by atoms with Crippen LogP contribution in [0.25, 0.3) is 0 Å². The Morgan fingerprint density at radius 2 is 1.95 bits per heavy atom. The van der Waals surface area contributed by atoms with Gasteiger partial charge in [0.2, 0.25) is 0 Å². The molecule has 0 heterocycles. The number of ether oxygens (including phenoxy) is 2. The van der Waals surface area contributed by atoms with Gasteiger partial charge in [0.15, 0.2) is 5.96 Å². The highest BCUT2D eigenvalue weighted by molar-refractivity contribution is 14.0. The molecule has 0 aromatic heterocycles. The summed E-state index contributed by atoms with van der Waals surface area (Å²) in [7, 11) is 1.73. The average molecular weight is 428 g/mol. The normalized spacial score (nSPS) is 10.7. The van der Waals surface area contributed by atoms with Crippen LogP contribution in [-0.2, 0) is 4.74 Å². The summed E-state index contributed by atoms with van der Waals surface area (Å²) in [5, 5.41) is 6.98. The Balaban J connectivity index is 0.00000400. The second-order valence-electron chi connectivity index (χ2n) is 3.93. The first-order valence-electron chi connectivity index (χ1n) is 6.67. The lowest BCUT2D eigenvalue weighted by Gasteiger charge is -2.12. The van der Waals surface area contributed by atoms with Crippen LogP contribution in [0.4, 0.5) is 0 Å². The molecule has 2 N–H and O–H groups in total. The zero-order valence-corrected chi connectivity index (χ0v) is 15.5. The van der Waals surface area contributed by atoms with E-state index < -0.39 is 0 Å². The molecule has 0 amide bonds. The van der Waals surface area contributed by atoms with E-state index >= 15 is 0 Å². The molecule has 1 rings (SSSR count). The molecule has 0 saturated heterocycles. The van der Waals surface area contributed by atoms with Gasteiger partial charge in [-0.3, -0.25) is 4.99 Å². The zero-order valence-electron chi connectivity index (χ0n) is 12.4. The van der Waals surface area contributed by atoms with E-state index in [0.29, 0.717) is 24.8 Å². The van der Waals surface area contributed by atoms with Crippen molar-refractivity contribution >= 4 is 41.5 Å². The van der Waals surface area contributed by atoms with E-state index in [1.165, 1.54) is 0 Å². The summed E-state index contributed by atoms with van der Waals surface area (Å²) < 4.78 is 10.8. The number of rotatable bonds is 8. The molecule has 0 radical (unpaired) electrons. The van der Waals surface area contributed by atoms with Gasteiger partial charge in [-0.05, 0) is 25.1 Å². The van der Waals surface area contributed by atoms with Crippen LogP contribution >= 0.6 is 35.6 Å². The van der Waals surface area contributed by atoms with E-state index in [9.17, 15) is 0 Å². The number of nitrogens with one attached hydrogen (secondary N) is 2. The maximum absolute atomic E-state index is 5.88. The smallest absolute Gasteiger partial charge is 0.191 e. The summed E-state index contributed by atoms with van der Waals surface area (Å²) in [5.41, 5.74) is 0. The van der Waals surface area contributed by atoms with Crippen molar-refractivity contribution in [3.05, 3.63) is 29.3 Å². The highest BCUT2D eigenvalue weighted by Crippen LogP contribution is 2.16. The lowest BCUT2D eigenvalue weighted by molar-refractivity contribution is 0.152. The van der Waals surface area contributed by atoms with Crippen molar-refractivity contribution in [2.45, 2.75) is 6.92 Å². The summed E-state index contributed by atoms with van der Waals surface area (Å²) >= 11 is 5.88. The van der Waals surface area contributed by atoms with Crippen LogP contribution in [0.3, 0.4) is 0 Å². The van der Waals surface area contributed by atoms with E-state index in [-0.39, 0.29) is 24.0 Å². The van der Waals surface area contributed by atoms with E-state index in [1.807, 2.05) is 25.1 Å². The van der Waals surface area contributed by atoms with Gasteiger partial charge in [-0.25, -0.2) is 0 Å². The summed E-state index contributed by atoms with van der Waals surface area (Å²) in [5.74, 6) is 1.50. The Kier molecular flexibility index (Phi) is 12.5. The molecule has 120 valence electrons. The van der Waals surface area contributed by atoms with E-state index in [1.54, 1.807) is 13.1 Å². The van der Waals surface area contributed by atoms with Crippen molar-refractivity contribution in [1.82, 2.24) is 10.6 Å². The number of nitrogens with zero attached hydrogens (tertiary/aromatic N) is 1. The van der Waals surface area contributed by atoms with E-state index in [0.717, 1.165) is 24.9 Å². The quantitative estimate of drug-likeness (QED) is 0.290. The lowest BCUT2D eigenvalue weighted by atomic mass is 10.3. The molecule has 0 fully saturated rings. The fourth-order valence-electron chi connectivity index (χ4n) is 1.50. The monoisotopic (exact) mass is 427 g/mol. The minimum absolute atomic E-state index is 0. The summed E-state index contributed by atoms with van der Waals surface area (Å²) in [6.07, 6.45) is 0. The standard InChI is InChI=1S/C14H22ClN3O2.HI/c1-3-19-9-7-17-14(16-2)18-8-10-20-13-6-4-5-12(15)11-13;/h4-6,11H,3,7-10H2,1-2H3,(H2,16,17,18);1H. The molecule has 21 heavy (non-hydrogen) atoms. The third-order valence-electron chi connectivity index (χ3n) is 2.43. The Bertz CT molecular complexity index is 419. The number of halogens is 2. The fourth-order valence-corrected chi connectivity index (χ4v) is 1.68. The highest BCUT2D eigenvalue weighted by Gasteiger charge is 1.98. The van der Waals surface area contributed by atoms with Gasteiger partial charge in [-0.2, -0.15) is 0 Å². The van der Waals surface area contributed by atoms with E-state index in [2.05, 4.69) is 15.6 Å². The van der Waals surface area contributed by atoms with Gasteiger partial charge in [0, 0.05) is 25.2 Å². The van der Waals surface area contributed by atoms with Gasteiger partial charge in [-0.15, -0.1) is 24.0 Å². The third-order valence-corrected chi connectivity index (χ3v) is 2.66. The number of hydrogen-bond donors (Lipinski definition) is 2. The Morgan fingerprint density at radius 1 is 1.24 bits per heavy atom. The maximum atomic E-state index is 5.88. The van der Waals surface area contributed by atoms with Crippen molar-refractivity contribution in [1.29, 1.82) is 0 Å². The second-order valence-corrected chi connectivity index (χ2v) is 4.36. The molecule has 1 aromatic rings. The van der Waals surface area contributed by atoms with Crippen LogP contribution in [-0.4, -0.2) is 45.9 Å². The number of hydrogen-bond acceptors (Lipinski definition) is 3. The second kappa shape index (κ2) is 13.0. The van der Waals surface area contributed by atoms with Crippen molar-refractivity contribution in [3.63, 3.8) is 0 Å². The molecule has 0 aliphatic rings. The highest BCUT2D eigenvalue weighted by atomic mass is 127. The first-order valence-corrected chi connectivity index (χ1v) is 7.04. The molecule has 0 spiro atoms. The van der Waals surface area contributed by atoms with Crippen LogP contribution in [0.15, 0.2) is 29.3 Å². The van der Waals surface area contributed by atoms with E-state index in [4.69, 9.17) is 21.1 Å². The van der Waals surface area contributed by atoms with Gasteiger partial charge in [0.05, 0.1) is 13.2 Å². The molecule has 0 unspecified atom stereocenters. The number of guanidine groups is 1. The van der Waals surface area contributed by atoms with Gasteiger partial charge in [0.1, 0.15) is 12.4 Å². The largest absolute Gasteiger partial charge is 0.492 e. The van der Waals surface area contributed by atoms with Crippen LogP contribution < -0.4 is 15.4 Å². The minimum atomic E-state index is 0. The van der Waals surface area contributed by atoms with Crippen LogP contribution in [0.5, 0.6) is 5.75 Å². The van der Waals surface area contributed by atoms with Gasteiger partial charge in [-0.1, -0.05) is 17.7 Å². The molecule has 0 aliphatic heterocycles. The molecular weight excluding hydrogens is 405 g/mol. The fraction of sp³-hybridized carbons (Fsp3) is 0.500. The maximum Gasteiger partial charge on any atom is 0.191 e. The molecular formula is C14H23ClIN3O2. The Hall–Kier alpha value is -0.730. The Morgan fingerprint density at radius 3 is 2.57 bits per heavy atom.